The Kier molecular flexibility index (Phi) is 8.04. The Morgan fingerprint density at radius 3 is 2.81 bits per heavy atom. The Hall–Kier alpha value is -2.63. The lowest BCUT2D eigenvalue weighted by Gasteiger charge is -2.33. The Bertz CT molecular complexity index is 700. The van der Waals surface area contributed by atoms with Crippen LogP contribution in [0.4, 0.5) is 4.39 Å². The van der Waals surface area contributed by atoms with Gasteiger partial charge in [-0.1, -0.05) is 12.1 Å². The largest absolute Gasteiger partial charge is 0.462 e. The van der Waals surface area contributed by atoms with Gasteiger partial charge in [-0.15, -0.1) is 0 Å². The van der Waals surface area contributed by atoms with Crippen LogP contribution < -0.4 is 10.6 Å². The monoisotopic (exact) mass is 376 g/mol. The molecule has 1 unspecified atom stereocenters. The molecule has 1 heterocycles. The highest BCUT2D eigenvalue weighted by molar-refractivity contribution is 5.93. The molecule has 1 fully saturated rings. The summed E-state index contributed by atoms with van der Waals surface area (Å²) in [6, 6.07) is 8.33. The first-order valence-electron chi connectivity index (χ1n) is 8.88. The van der Waals surface area contributed by atoms with Crippen LogP contribution in [0.25, 0.3) is 0 Å². The summed E-state index contributed by atoms with van der Waals surface area (Å²) in [5.74, 6) is -0.598. The standard InChI is InChI=1S/C19H25FN4O3/c1-3-26-19(25)17(10-21)18(22-2)23-11-16-13-24(8-9-27-16)12-14-4-6-15(20)7-5-14/h4-7,16,22-23H,3,8-9,11-13H2,1-2H3/b18-17+. The van der Waals surface area contributed by atoms with Gasteiger partial charge in [0.05, 0.1) is 19.3 Å². The smallest absolute Gasteiger partial charge is 0.352 e. The second kappa shape index (κ2) is 10.5. The predicted molar refractivity (Wildman–Crippen MR) is 97.8 cm³/mol. The molecule has 1 saturated heterocycles. The maximum atomic E-state index is 13.0. The zero-order valence-electron chi connectivity index (χ0n) is 15.6. The molecule has 1 atom stereocenters. The SMILES string of the molecule is CCOC(=O)/C(C#N)=C(\NC)NCC1CN(Cc2ccc(F)cc2)CCO1. The fourth-order valence-corrected chi connectivity index (χ4v) is 2.82. The molecule has 8 heteroatoms. The van der Waals surface area contributed by atoms with Crippen molar-refractivity contribution in [1.82, 2.24) is 15.5 Å². The van der Waals surface area contributed by atoms with Gasteiger partial charge < -0.3 is 20.1 Å². The molecule has 1 aromatic carbocycles. The third-order valence-corrected chi connectivity index (χ3v) is 4.14. The summed E-state index contributed by atoms with van der Waals surface area (Å²) in [5.41, 5.74) is 0.938. The minimum absolute atomic E-state index is 0.0988. The lowest BCUT2D eigenvalue weighted by atomic mass is 10.2. The van der Waals surface area contributed by atoms with E-state index >= 15 is 0 Å². The van der Waals surface area contributed by atoms with E-state index in [9.17, 15) is 14.4 Å². The van der Waals surface area contributed by atoms with Crippen LogP contribution in [0.15, 0.2) is 35.7 Å². The molecule has 1 aliphatic rings. The zero-order valence-corrected chi connectivity index (χ0v) is 15.6. The summed E-state index contributed by atoms with van der Waals surface area (Å²) in [6.07, 6.45) is -0.107. The number of morpholine rings is 1. The quantitative estimate of drug-likeness (QED) is 0.400. The average Bonchev–Trinajstić information content (AvgIpc) is 2.67. The van der Waals surface area contributed by atoms with E-state index in [1.807, 2.05) is 6.07 Å². The van der Waals surface area contributed by atoms with Crippen molar-refractivity contribution in [3.63, 3.8) is 0 Å². The van der Waals surface area contributed by atoms with E-state index in [-0.39, 0.29) is 24.1 Å². The Labute approximate surface area is 158 Å². The minimum atomic E-state index is -0.667. The molecule has 2 rings (SSSR count). The molecular weight excluding hydrogens is 351 g/mol. The molecule has 1 aromatic rings. The molecule has 0 aromatic heterocycles. The molecule has 0 aliphatic carbocycles. The molecule has 0 bridgehead atoms. The number of benzene rings is 1. The lowest BCUT2D eigenvalue weighted by Crippen LogP contribution is -2.47. The van der Waals surface area contributed by atoms with Crippen molar-refractivity contribution in [2.45, 2.75) is 19.6 Å². The average molecular weight is 376 g/mol. The van der Waals surface area contributed by atoms with Gasteiger partial charge in [0.25, 0.3) is 0 Å². The fraction of sp³-hybridized carbons (Fsp3) is 0.474. The number of hydrogen-bond donors (Lipinski definition) is 2. The topological polar surface area (TPSA) is 86.6 Å². The molecule has 146 valence electrons. The molecule has 0 spiro atoms. The van der Waals surface area contributed by atoms with Crippen LogP contribution in [0.5, 0.6) is 0 Å². The van der Waals surface area contributed by atoms with Crippen LogP contribution in [-0.4, -0.2) is 56.9 Å². The van der Waals surface area contributed by atoms with Crippen molar-refractivity contribution in [3.05, 3.63) is 47.0 Å². The molecule has 0 saturated carbocycles. The Morgan fingerprint density at radius 2 is 2.19 bits per heavy atom. The van der Waals surface area contributed by atoms with Crippen molar-refractivity contribution in [2.24, 2.45) is 0 Å². The van der Waals surface area contributed by atoms with E-state index in [1.54, 1.807) is 26.1 Å². The number of esters is 1. The van der Waals surface area contributed by atoms with Gasteiger partial charge in [0.15, 0.2) is 5.57 Å². The number of hydrogen-bond acceptors (Lipinski definition) is 7. The Morgan fingerprint density at radius 1 is 1.44 bits per heavy atom. The van der Waals surface area contributed by atoms with Gasteiger partial charge in [-0.3, -0.25) is 4.90 Å². The van der Waals surface area contributed by atoms with Crippen LogP contribution in [0.2, 0.25) is 0 Å². The summed E-state index contributed by atoms with van der Waals surface area (Å²) in [5, 5.41) is 15.1. The Balaban J connectivity index is 1.93. The summed E-state index contributed by atoms with van der Waals surface area (Å²) < 4.78 is 23.7. The summed E-state index contributed by atoms with van der Waals surface area (Å²) in [6.45, 7) is 5.07. The number of halogens is 1. The maximum absolute atomic E-state index is 13.0. The van der Waals surface area contributed by atoms with E-state index in [1.165, 1.54) is 12.1 Å². The normalized spacial score (nSPS) is 18.2. The third kappa shape index (κ3) is 6.24. The zero-order chi connectivity index (χ0) is 19.6. The molecular formula is C19H25FN4O3. The van der Waals surface area contributed by atoms with Crippen LogP contribution in [0, 0.1) is 17.1 Å². The first kappa shape index (κ1) is 20.7. The number of nitrogens with one attached hydrogen (secondary N) is 2. The van der Waals surface area contributed by atoms with Crippen molar-refractivity contribution in [2.75, 3.05) is 39.9 Å². The predicted octanol–water partition coefficient (Wildman–Crippen LogP) is 1.13. The number of nitrogens with zero attached hydrogens (tertiary/aromatic N) is 2. The van der Waals surface area contributed by atoms with Gasteiger partial charge >= 0.3 is 5.97 Å². The van der Waals surface area contributed by atoms with Gasteiger partial charge in [0, 0.05) is 33.2 Å². The van der Waals surface area contributed by atoms with Crippen LogP contribution in [0.3, 0.4) is 0 Å². The molecule has 27 heavy (non-hydrogen) atoms. The third-order valence-electron chi connectivity index (χ3n) is 4.14. The van der Waals surface area contributed by atoms with Crippen LogP contribution in [-0.2, 0) is 20.8 Å². The highest BCUT2D eigenvalue weighted by Gasteiger charge is 2.22. The van der Waals surface area contributed by atoms with Crippen LogP contribution >= 0.6 is 0 Å². The lowest BCUT2D eigenvalue weighted by molar-refractivity contribution is -0.138. The number of rotatable bonds is 8. The molecule has 0 radical (unpaired) electrons. The maximum Gasteiger partial charge on any atom is 0.352 e. The molecule has 1 aliphatic heterocycles. The fourth-order valence-electron chi connectivity index (χ4n) is 2.82. The number of ether oxygens (including phenoxy) is 2. The van der Waals surface area contributed by atoms with Crippen molar-refractivity contribution in [3.8, 4) is 6.07 Å². The number of nitriles is 1. The van der Waals surface area contributed by atoms with Crippen LogP contribution in [0.1, 0.15) is 12.5 Å². The summed E-state index contributed by atoms with van der Waals surface area (Å²) in [7, 11) is 1.63. The number of carbonyl (C=O) groups excluding carboxylic acids is 1. The van der Waals surface area contributed by atoms with Crippen molar-refractivity contribution < 1.29 is 18.7 Å². The van der Waals surface area contributed by atoms with Crippen molar-refractivity contribution >= 4 is 5.97 Å². The molecule has 0 amide bonds. The highest BCUT2D eigenvalue weighted by Crippen LogP contribution is 2.11. The van der Waals surface area contributed by atoms with Gasteiger partial charge in [0.1, 0.15) is 17.7 Å². The molecule has 7 nitrogen and oxygen atoms in total. The first-order valence-corrected chi connectivity index (χ1v) is 8.88. The van der Waals surface area contributed by atoms with Gasteiger partial charge in [0.2, 0.25) is 0 Å². The van der Waals surface area contributed by atoms with E-state index in [4.69, 9.17) is 9.47 Å². The van der Waals surface area contributed by atoms with E-state index in [0.29, 0.717) is 32.1 Å². The van der Waals surface area contributed by atoms with E-state index in [0.717, 1.165) is 12.1 Å². The van der Waals surface area contributed by atoms with E-state index in [2.05, 4.69) is 15.5 Å². The minimum Gasteiger partial charge on any atom is -0.462 e. The second-order valence-corrected chi connectivity index (χ2v) is 6.07. The first-order chi connectivity index (χ1) is 13.1. The number of carbonyl (C=O) groups is 1. The second-order valence-electron chi connectivity index (χ2n) is 6.07. The highest BCUT2D eigenvalue weighted by atomic mass is 19.1. The van der Waals surface area contributed by atoms with Crippen molar-refractivity contribution in [1.29, 1.82) is 5.26 Å². The van der Waals surface area contributed by atoms with E-state index < -0.39 is 5.97 Å². The van der Waals surface area contributed by atoms with Gasteiger partial charge in [-0.05, 0) is 24.6 Å². The summed E-state index contributed by atoms with van der Waals surface area (Å²) >= 11 is 0. The summed E-state index contributed by atoms with van der Waals surface area (Å²) in [4.78, 5) is 14.1. The molecule has 2 N–H and O–H groups in total. The van der Waals surface area contributed by atoms with Gasteiger partial charge in [-0.25, -0.2) is 9.18 Å². The van der Waals surface area contributed by atoms with Gasteiger partial charge in [-0.2, -0.15) is 5.26 Å².